The minimum Gasteiger partial charge on any atom is -0.350 e. The van der Waals surface area contributed by atoms with Gasteiger partial charge in [0.25, 0.3) is 0 Å². The average molecular weight is 485 g/mol. The zero-order valence-corrected chi connectivity index (χ0v) is 20.0. The van der Waals surface area contributed by atoms with E-state index in [1.807, 2.05) is 19.1 Å². The first-order chi connectivity index (χ1) is 14.9. The number of amides is 1. The third kappa shape index (κ3) is 5.04. The molecular weight excluding hydrogens is 456 g/mol. The van der Waals surface area contributed by atoms with Crippen molar-refractivity contribution in [3.8, 4) is 9.75 Å². The van der Waals surface area contributed by atoms with Crippen molar-refractivity contribution in [1.29, 1.82) is 0 Å². The Hall–Kier alpha value is -1.30. The summed E-state index contributed by atoms with van der Waals surface area (Å²) in [6, 6.07) is 5.93. The van der Waals surface area contributed by atoms with Crippen molar-refractivity contribution < 1.29 is 22.8 Å². The number of carbonyl (C=O) groups excluding carboxylic acids is 1. The first-order valence-electron chi connectivity index (χ1n) is 10.5. The first kappa shape index (κ1) is 22.9. The Morgan fingerprint density at radius 1 is 1.32 bits per heavy atom. The third-order valence-corrected chi connectivity index (χ3v) is 10.9. The van der Waals surface area contributed by atoms with E-state index in [1.54, 1.807) is 11.3 Å². The Morgan fingerprint density at radius 2 is 2.19 bits per heavy atom. The van der Waals surface area contributed by atoms with Crippen LogP contribution in [0.5, 0.6) is 0 Å². The summed E-state index contributed by atoms with van der Waals surface area (Å²) >= 11 is 3.10. The molecule has 170 valence electrons. The number of hydrogen-bond acceptors (Lipinski definition) is 8. The number of aryl methyl sites for hydroxylation is 1. The maximum absolute atomic E-state index is 13.4. The molecular formula is C21H28N2O5S3. The fourth-order valence-electron chi connectivity index (χ4n) is 4.04. The van der Waals surface area contributed by atoms with Crippen LogP contribution in [-0.4, -0.2) is 46.1 Å². The number of nitrogens with one attached hydrogen (secondary N) is 2. The SMILES string of the molecule is Cc1csc(-c2ccc(C3(CC(=O)NOC4CCCCO4)CCNCCS3(=O)=O)s2)c1. The van der Waals surface area contributed by atoms with E-state index in [0.717, 1.165) is 22.6 Å². The molecule has 2 fully saturated rings. The molecule has 2 aliphatic heterocycles. The van der Waals surface area contributed by atoms with Crippen LogP contribution >= 0.6 is 22.7 Å². The van der Waals surface area contributed by atoms with Crippen molar-refractivity contribution in [2.45, 2.75) is 50.1 Å². The Bertz CT molecular complexity index is 1010. The highest BCUT2D eigenvalue weighted by molar-refractivity contribution is 7.92. The van der Waals surface area contributed by atoms with Gasteiger partial charge in [-0.1, -0.05) is 0 Å². The molecule has 31 heavy (non-hydrogen) atoms. The summed E-state index contributed by atoms with van der Waals surface area (Å²) in [5.74, 6) is -0.445. The highest BCUT2D eigenvalue weighted by Gasteiger charge is 2.48. The molecule has 4 heterocycles. The van der Waals surface area contributed by atoms with Crippen LogP contribution in [0.3, 0.4) is 0 Å². The molecule has 2 aromatic rings. The average Bonchev–Trinajstić information content (AvgIpc) is 3.38. The fourth-order valence-corrected chi connectivity index (χ4v) is 8.61. The minimum absolute atomic E-state index is 0.00177. The predicted molar refractivity (Wildman–Crippen MR) is 123 cm³/mol. The van der Waals surface area contributed by atoms with Gasteiger partial charge in [0.2, 0.25) is 5.91 Å². The van der Waals surface area contributed by atoms with E-state index in [9.17, 15) is 13.2 Å². The van der Waals surface area contributed by atoms with Crippen LogP contribution in [0, 0.1) is 6.92 Å². The van der Waals surface area contributed by atoms with Crippen molar-refractivity contribution in [1.82, 2.24) is 10.8 Å². The first-order valence-corrected chi connectivity index (χ1v) is 13.9. The zero-order valence-electron chi connectivity index (χ0n) is 17.5. The van der Waals surface area contributed by atoms with Gasteiger partial charge in [0.05, 0.1) is 12.2 Å². The van der Waals surface area contributed by atoms with Crippen LogP contribution in [0.15, 0.2) is 23.6 Å². The molecule has 0 aliphatic carbocycles. The lowest BCUT2D eigenvalue weighted by atomic mass is 9.97. The maximum Gasteiger partial charge on any atom is 0.245 e. The molecule has 4 rings (SSSR count). The molecule has 2 atom stereocenters. The Labute approximate surface area is 191 Å². The van der Waals surface area contributed by atoms with Crippen molar-refractivity contribution >= 4 is 38.4 Å². The topological polar surface area (TPSA) is 93.7 Å². The number of carbonyl (C=O) groups is 1. The van der Waals surface area contributed by atoms with E-state index in [1.165, 1.54) is 16.9 Å². The Kier molecular flexibility index (Phi) is 7.14. The summed E-state index contributed by atoms with van der Waals surface area (Å²) in [5.41, 5.74) is 3.63. The number of thiophene rings is 2. The lowest BCUT2D eigenvalue weighted by Gasteiger charge is -2.31. The van der Waals surface area contributed by atoms with Gasteiger partial charge >= 0.3 is 0 Å². The van der Waals surface area contributed by atoms with Crippen molar-refractivity contribution in [2.24, 2.45) is 0 Å². The predicted octanol–water partition coefficient (Wildman–Crippen LogP) is 3.35. The molecule has 1 amide bonds. The van der Waals surface area contributed by atoms with Crippen LogP contribution in [0.25, 0.3) is 9.75 Å². The summed E-state index contributed by atoms with van der Waals surface area (Å²) in [6.45, 7) is 3.56. The smallest absolute Gasteiger partial charge is 0.245 e. The van der Waals surface area contributed by atoms with Crippen LogP contribution in [0.1, 0.15) is 42.5 Å². The molecule has 2 aliphatic rings. The Morgan fingerprint density at radius 3 is 2.94 bits per heavy atom. The van der Waals surface area contributed by atoms with Crippen LogP contribution < -0.4 is 10.8 Å². The van der Waals surface area contributed by atoms with Gasteiger partial charge in [-0.3, -0.25) is 4.79 Å². The monoisotopic (exact) mass is 484 g/mol. The summed E-state index contributed by atoms with van der Waals surface area (Å²) in [7, 11) is -3.57. The zero-order chi connectivity index (χ0) is 21.9. The van der Waals surface area contributed by atoms with E-state index in [-0.39, 0.29) is 12.2 Å². The van der Waals surface area contributed by atoms with Crippen LogP contribution in [-0.2, 0) is 29.0 Å². The van der Waals surface area contributed by atoms with Gasteiger partial charge in [-0.15, -0.1) is 22.7 Å². The van der Waals surface area contributed by atoms with Gasteiger partial charge in [0, 0.05) is 34.2 Å². The van der Waals surface area contributed by atoms with Crippen LogP contribution in [0.4, 0.5) is 0 Å². The summed E-state index contributed by atoms with van der Waals surface area (Å²) in [6.07, 6.45) is 2.36. The number of hydrogen-bond donors (Lipinski definition) is 2. The lowest BCUT2D eigenvalue weighted by Crippen LogP contribution is -2.43. The minimum atomic E-state index is -3.57. The molecule has 10 heteroatoms. The molecule has 0 radical (unpaired) electrons. The van der Waals surface area contributed by atoms with Gasteiger partial charge < -0.3 is 10.1 Å². The fraction of sp³-hybridized carbons (Fsp3) is 0.571. The number of sulfone groups is 1. The van der Waals surface area contributed by atoms with E-state index in [0.29, 0.717) is 37.4 Å². The highest BCUT2D eigenvalue weighted by Crippen LogP contribution is 2.45. The van der Waals surface area contributed by atoms with Crippen molar-refractivity contribution in [2.75, 3.05) is 25.4 Å². The number of rotatable bonds is 6. The standard InChI is InChI=1S/C21H28N2O5S3/c1-15-12-17(29-14-15)16-5-6-18(30-16)21(7-8-22-9-11-31(21,25)26)13-19(24)23-28-20-4-2-3-10-27-20/h5-6,12,14,20,22H,2-4,7-11,13H2,1H3,(H,23,24). The summed E-state index contributed by atoms with van der Waals surface area (Å²) < 4.78 is 31.1. The summed E-state index contributed by atoms with van der Waals surface area (Å²) in [5, 5.41) is 5.25. The van der Waals surface area contributed by atoms with E-state index >= 15 is 0 Å². The van der Waals surface area contributed by atoms with Gasteiger partial charge in [-0.2, -0.15) is 0 Å². The Balaban J connectivity index is 1.59. The molecule has 2 N–H and O–H groups in total. The molecule has 0 spiro atoms. The normalized spacial score (nSPS) is 26.3. The third-order valence-electron chi connectivity index (χ3n) is 5.77. The number of hydroxylamine groups is 1. The lowest BCUT2D eigenvalue weighted by molar-refractivity contribution is -0.200. The molecule has 0 saturated carbocycles. The van der Waals surface area contributed by atoms with Gasteiger partial charge in [-0.25, -0.2) is 18.7 Å². The highest BCUT2D eigenvalue weighted by atomic mass is 32.2. The maximum atomic E-state index is 13.4. The second-order valence-electron chi connectivity index (χ2n) is 8.08. The second-order valence-corrected chi connectivity index (χ2v) is 12.5. The van der Waals surface area contributed by atoms with Gasteiger partial charge in [0.1, 0.15) is 4.75 Å². The van der Waals surface area contributed by atoms with E-state index in [4.69, 9.17) is 9.57 Å². The van der Waals surface area contributed by atoms with Crippen molar-refractivity contribution in [3.05, 3.63) is 34.0 Å². The second kappa shape index (κ2) is 9.68. The van der Waals surface area contributed by atoms with E-state index in [2.05, 4.69) is 22.2 Å². The largest absolute Gasteiger partial charge is 0.350 e. The summed E-state index contributed by atoms with van der Waals surface area (Å²) in [4.78, 5) is 21.1. The molecule has 2 saturated heterocycles. The molecule has 2 unspecified atom stereocenters. The molecule has 0 aromatic carbocycles. The molecule has 0 bridgehead atoms. The van der Waals surface area contributed by atoms with Crippen LogP contribution in [0.2, 0.25) is 0 Å². The van der Waals surface area contributed by atoms with E-state index < -0.39 is 26.8 Å². The van der Waals surface area contributed by atoms with Gasteiger partial charge in [0.15, 0.2) is 16.1 Å². The number of ether oxygens (including phenoxy) is 1. The molecule has 7 nitrogen and oxygen atoms in total. The van der Waals surface area contributed by atoms with Gasteiger partial charge in [-0.05, 0) is 61.9 Å². The quantitative estimate of drug-likeness (QED) is 0.611. The molecule has 2 aromatic heterocycles. The van der Waals surface area contributed by atoms with Crippen molar-refractivity contribution in [3.63, 3.8) is 0 Å².